The van der Waals surface area contributed by atoms with Crippen molar-refractivity contribution in [3.63, 3.8) is 0 Å². The van der Waals surface area contributed by atoms with Gasteiger partial charge in [-0.3, -0.25) is 38.6 Å². The number of pyridine rings is 1. The Hall–Kier alpha value is -6.85. The number of hydrogen-bond donors (Lipinski definition) is 6. The highest BCUT2D eigenvalue weighted by atomic mass is 32.1. The van der Waals surface area contributed by atoms with Gasteiger partial charge in [-0.2, -0.15) is 0 Å². The van der Waals surface area contributed by atoms with Crippen LogP contribution in [-0.2, 0) is 53.0 Å². The number of likely N-dealkylation sites (tertiary alicyclic amines) is 1. The third-order valence-electron chi connectivity index (χ3n) is 17.4. The van der Waals surface area contributed by atoms with Crippen molar-refractivity contribution in [2.75, 3.05) is 96.9 Å². The molecule has 3 aromatic carbocycles. The van der Waals surface area contributed by atoms with Gasteiger partial charge >= 0.3 is 0 Å². The lowest BCUT2D eigenvalue weighted by Gasteiger charge is -2.37. The van der Waals surface area contributed by atoms with E-state index < -0.39 is 29.5 Å². The van der Waals surface area contributed by atoms with Crippen molar-refractivity contribution in [1.82, 2.24) is 45.9 Å². The predicted octanol–water partition coefficient (Wildman–Crippen LogP) is 7.36. The summed E-state index contributed by atoms with van der Waals surface area (Å²) in [5, 5.41) is 22.6. The highest BCUT2D eigenvalue weighted by Crippen LogP contribution is 2.35. The smallest absolute Gasteiger partial charge is 0.253 e. The minimum atomic E-state index is -0.920. The second-order valence-electron chi connectivity index (χ2n) is 25.4. The van der Waals surface area contributed by atoms with Crippen LogP contribution < -0.4 is 31.7 Å². The van der Waals surface area contributed by atoms with E-state index in [0.29, 0.717) is 69.7 Å². The van der Waals surface area contributed by atoms with Gasteiger partial charge in [-0.15, -0.1) is 11.3 Å². The molecular formula is C69H96N10O10S. The summed E-state index contributed by atoms with van der Waals surface area (Å²) >= 11 is 1.58. The summed E-state index contributed by atoms with van der Waals surface area (Å²) < 4.78 is 17.3. The van der Waals surface area contributed by atoms with Crippen LogP contribution in [0, 0.1) is 33.1 Å². The molecule has 5 heterocycles. The number of aryl methyl sites for hydroxylation is 3. The Bertz CT molecular complexity index is 3240. The Kier molecular flexibility index (Phi) is 25.7. The van der Waals surface area contributed by atoms with Crippen molar-refractivity contribution in [1.29, 1.82) is 0 Å². The lowest BCUT2D eigenvalue weighted by Crippen LogP contribution is -2.57. The van der Waals surface area contributed by atoms with Gasteiger partial charge in [0.1, 0.15) is 12.1 Å². The summed E-state index contributed by atoms with van der Waals surface area (Å²) in [6.07, 6.45) is 4.48. The number of aliphatic hydroxyl groups excluding tert-OH is 1. The summed E-state index contributed by atoms with van der Waals surface area (Å²) in [5.41, 5.74) is 11.8. The average molecular weight is 1260 g/mol. The number of nitrogens with one attached hydrogen (secondary N) is 5. The Labute approximate surface area is 535 Å². The topological polar surface area (TPSA) is 240 Å². The maximum absolute atomic E-state index is 14.0. The van der Waals surface area contributed by atoms with E-state index in [1.807, 2.05) is 90.4 Å². The van der Waals surface area contributed by atoms with E-state index in [0.717, 1.165) is 127 Å². The number of ether oxygens (including phenoxy) is 3. The van der Waals surface area contributed by atoms with Crippen LogP contribution in [0.3, 0.4) is 0 Å². The average Bonchev–Trinajstić information content (AvgIpc) is 0.920. The summed E-state index contributed by atoms with van der Waals surface area (Å²) in [4.78, 5) is 97.1. The maximum Gasteiger partial charge on any atom is 0.253 e. The number of carbonyl (C=O) groups excluding carboxylic acids is 5. The van der Waals surface area contributed by atoms with Gasteiger partial charge in [0.05, 0.1) is 35.3 Å². The number of nitrogens with zero attached hydrogens (tertiary/aromatic N) is 5. The fraction of sp³-hybridized carbons (Fsp3) is 0.551. The molecule has 0 spiro atoms. The number of aromatic nitrogens is 2. The molecule has 3 saturated heterocycles. The number of anilines is 1. The number of aliphatic hydroxyl groups is 1. The molecule has 3 aliphatic heterocycles. The van der Waals surface area contributed by atoms with Gasteiger partial charge in [-0.05, 0) is 136 Å². The van der Waals surface area contributed by atoms with Crippen LogP contribution in [0.1, 0.15) is 129 Å². The third kappa shape index (κ3) is 19.6. The van der Waals surface area contributed by atoms with Crippen LogP contribution in [0.15, 0.2) is 77.0 Å². The molecule has 20 nitrogen and oxygen atoms in total. The number of benzene rings is 3. The van der Waals surface area contributed by atoms with Crippen molar-refractivity contribution >= 4 is 46.6 Å². The highest BCUT2D eigenvalue weighted by molar-refractivity contribution is 7.13. The standard InChI is InChI=1S/C69H96N10O10S/c1-9-78(55-22-33-89-34-23-55)59-38-54(37-57(48(59)4)65(83)72-41-58-46(2)36-47(3)74-66(58)84)52-18-16-51(17-19-52)42-76-26-28-77(29-27-76)44-62(82)70-25-11-10-12-30-87-31-13-32-88-35-24-61(81)75-64(69(6,7)8)68(86)79-43-56(80)39-60(79)67(85)71-40-50-14-20-53(21-15-50)63-49(5)73-45-90-63/h14-21,36-38,45,55-56,60,64,80H,9-13,22-35,39-44H2,1-8H3,(H,70,82)(H,71,85)(H,72,83)(H,74,84)(H,75,81)/t56-,60+,64?/m1/s1. The number of piperazine rings is 1. The first kappa shape index (κ1) is 69.0. The summed E-state index contributed by atoms with van der Waals surface area (Å²) in [6.45, 7) is 24.9. The SMILES string of the molecule is CCN(c1cc(-c2ccc(CN3CCN(CC(=O)NCCCCCOCCCOCCC(=O)NC(C(=O)N4C[C@H](O)C[C@H]4C(=O)NCc4ccc(-c5scnc5C)cc4)C(C)(C)C)CC3)cc2)cc(C(=O)NCc2c(C)cc(C)[nH]c2=O)c1C)C1CCOCC1. The lowest BCUT2D eigenvalue weighted by molar-refractivity contribution is -0.144. The molecule has 0 saturated carbocycles. The molecule has 6 N–H and O–H groups in total. The van der Waals surface area contributed by atoms with Crippen LogP contribution in [0.4, 0.5) is 5.69 Å². The van der Waals surface area contributed by atoms with Crippen molar-refractivity contribution in [2.24, 2.45) is 5.41 Å². The van der Waals surface area contributed by atoms with Gasteiger partial charge < -0.3 is 55.4 Å². The van der Waals surface area contributed by atoms with E-state index in [-0.39, 0.29) is 68.3 Å². The first-order valence-electron chi connectivity index (χ1n) is 32.2. The Balaban J connectivity index is 0.672. The fourth-order valence-corrected chi connectivity index (χ4v) is 13.0. The third-order valence-corrected chi connectivity index (χ3v) is 18.4. The zero-order chi connectivity index (χ0) is 64.3. The summed E-state index contributed by atoms with van der Waals surface area (Å²) in [7, 11) is 0. The number of β-amino-alcohol motifs (C(OH)–C–C–N with tert-alkyl or cyclic N) is 1. The minimum Gasteiger partial charge on any atom is -0.391 e. The van der Waals surface area contributed by atoms with E-state index in [1.165, 1.54) is 10.5 Å². The highest BCUT2D eigenvalue weighted by Gasteiger charge is 2.44. The minimum absolute atomic E-state index is 0.000412. The number of H-pyrrole nitrogens is 1. The molecule has 1 unspecified atom stereocenters. The molecule has 8 rings (SSSR count). The monoisotopic (exact) mass is 1260 g/mol. The van der Waals surface area contributed by atoms with Crippen molar-refractivity contribution in [2.45, 2.75) is 151 Å². The van der Waals surface area contributed by atoms with Crippen LogP contribution >= 0.6 is 11.3 Å². The van der Waals surface area contributed by atoms with Gasteiger partial charge in [0.15, 0.2) is 0 Å². The largest absolute Gasteiger partial charge is 0.391 e. The Morgan fingerprint density at radius 3 is 2.14 bits per heavy atom. The van der Waals surface area contributed by atoms with Crippen molar-refractivity contribution < 1.29 is 43.3 Å². The quantitative estimate of drug-likeness (QED) is 0.0246. The molecule has 0 aliphatic carbocycles. The molecule has 3 atom stereocenters. The van der Waals surface area contributed by atoms with Crippen LogP contribution in [0.25, 0.3) is 21.6 Å². The van der Waals surface area contributed by atoms with Gasteiger partial charge in [0.25, 0.3) is 11.5 Å². The van der Waals surface area contributed by atoms with Gasteiger partial charge in [-0.1, -0.05) is 69.3 Å². The Morgan fingerprint density at radius 1 is 0.789 bits per heavy atom. The van der Waals surface area contributed by atoms with Gasteiger partial charge in [-0.25, -0.2) is 4.98 Å². The molecular weight excluding hydrogens is 1160 g/mol. The zero-order valence-corrected chi connectivity index (χ0v) is 55.0. The van der Waals surface area contributed by atoms with E-state index in [9.17, 15) is 33.9 Å². The molecule has 3 aliphatic rings. The molecule has 0 radical (unpaired) electrons. The fourth-order valence-electron chi connectivity index (χ4n) is 12.2. The lowest BCUT2D eigenvalue weighted by atomic mass is 9.85. The molecule has 2 aromatic heterocycles. The van der Waals surface area contributed by atoms with E-state index in [1.54, 1.807) is 11.3 Å². The summed E-state index contributed by atoms with van der Waals surface area (Å²) in [5.74, 6) is -1.29. The van der Waals surface area contributed by atoms with E-state index in [2.05, 4.69) is 83.2 Å². The molecule has 0 bridgehead atoms. The van der Waals surface area contributed by atoms with Crippen LogP contribution in [0.5, 0.6) is 0 Å². The normalized spacial score (nSPS) is 17.1. The van der Waals surface area contributed by atoms with Gasteiger partial charge in [0.2, 0.25) is 23.6 Å². The van der Waals surface area contributed by atoms with Gasteiger partial charge in [0, 0.05) is 140 Å². The first-order chi connectivity index (χ1) is 43.3. The molecule has 488 valence electrons. The summed E-state index contributed by atoms with van der Waals surface area (Å²) in [6, 6.07) is 21.1. The molecule has 5 aromatic rings. The van der Waals surface area contributed by atoms with Crippen LogP contribution in [-0.4, -0.2) is 176 Å². The number of thiazole rings is 1. The molecule has 21 heteroatoms. The predicted molar refractivity (Wildman–Crippen MR) is 352 cm³/mol. The molecule has 5 amide bonds. The number of rotatable bonds is 30. The number of aromatic amines is 1. The van der Waals surface area contributed by atoms with Crippen LogP contribution in [0.2, 0.25) is 0 Å². The first-order valence-corrected chi connectivity index (χ1v) is 33.1. The molecule has 3 fully saturated rings. The second kappa shape index (κ2) is 33.5. The zero-order valence-electron chi connectivity index (χ0n) is 54.2. The van der Waals surface area contributed by atoms with Crippen molar-refractivity contribution in [3.05, 3.63) is 127 Å². The second-order valence-corrected chi connectivity index (χ2v) is 26.2. The number of unbranched alkanes of at least 4 members (excludes halogenated alkanes) is 2. The van der Waals surface area contributed by atoms with E-state index >= 15 is 0 Å². The number of amides is 5. The maximum atomic E-state index is 14.0. The molecule has 90 heavy (non-hydrogen) atoms. The van der Waals surface area contributed by atoms with Crippen molar-refractivity contribution in [3.8, 4) is 21.6 Å². The number of hydrogen-bond acceptors (Lipinski definition) is 15. The van der Waals surface area contributed by atoms with E-state index in [4.69, 9.17) is 14.2 Å². The Morgan fingerprint density at radius 2 is 1.47 bits per heavy atom. The number of carbonyl (C=O) groups is 5.